The third kappa shape index (κ3) is 6.48. The summed E-state index contributed by atoms with van der Waals surface area (Å²) >= 11 is 0. The van der Waals surface area contributed by atoms with E-state index in [4.69, 9.17) is 14.2 Å². The van der Waals surface area contributed by atoms with Crippen LogP contribution in [0.2, 0.25) is 0 Å². The summed E-state index contributed by atoms with van der Waals surface area (Å²) in [5.41, 5.74) is 1.68. The van der Waals surface area contributed by atoms with Crippen LogP contribution >= 0.6 is 0 Å². The Morgan fingerprint density at radius 2 is 1.50 bits per heavy atom. The molecule has 0 aromatic heterocycles. The van der Waals surface area contributed by atoms with Crippen LogP contribution in [-0.2, 0) is 24.3 Å². The number of piperazine rings is 1. The van der Waals surface area contributed by atoms with E-state index in [2.05, 4.69) is 0 Å². The minimum absolute atomic E-state index is 0.177. The van der Waals surface area contributed by atoms with Gasteiger partial charge in [0.2, 0.25) is 10.0 Å². The van der Waals surface area contributed by atoms with Gasteiger partial charge in [0.1, 0.15) is 11.5 Å². The van der Waals surface area contributed by atoms with Crippen LogP contribution in [0.1, 0.15) is 18.1 Å². The fraction of sp³-hybridized carbons (Fsp3) is 0.417. The molecular formula is C24H30N2O7S. The Morgan fingerprint density at radius 1 is 0.882 bits per heavy atom. The molecule has 1 aliphatic rings. The number of amides is 1. The monoisotopic (exact) mass is 490 g/mol. The fourth-order valence-electron chi connectivity index (χ4n) is 3.62. The smallest absolute Gasteiger partial charge is 0.344 e. The summed E-state index contributed by atoms with van der Waals surface area (Å²) in [7, 11) is -3.64. The molecule has 2 aromatic carbocycles. The van der Waals surface area contributed by atoms with Gasteiger partial charge in [-0.25, -0.2) is 13.2 Å². The van der Waals surface area contributed by atoms with Crippen molar-refractivity contribution in [3.8, 4) is 11.5 Å². The van der Waals surface area contributed by atoms with E-state index in [1.54, 1.807) is 43.3 Å². The van der Waals surface area contributed by atoms with Gasteiger partial charge in [0.15, 0.2) is 13.2 Å². The zero-order valence-electron chi connectivity index (χ0n) is 19.7. The summed E-state index contributed by atoms with van der Waals surface area (Å²) in [4.78, 5) is 26.1. The second-order valence-corrected chi connectivity index (χ2v) is 9.81. The Labute approximate surface area is 200 Å². The number of nitrogens with zero attached hydrogens (tertiary/aromatic N) is 2. The molecule has 3 rings (SSSR count). The van der Waals surface area contributed by atoms with Crippen LogP contribution < -0.4 is 9.47 Å². The van der Waals surface area contributed by atoms with Crippen molar-refractivity contribution in [2.75, 3.05) is 46.0 Å². The summed E-state index contributed by atoms with van der Waals surface area (Å²) < 4.78 is 43.1. The minimum atomic E-state index is -3.64. The van der Waals surface area contributed by atoms with E-state index < -0.39 is 22.6 Å². The lowest BCUT2D eigenvalue weighted by atomic mass is 10.2. The number of esters is 1. The van der Waals surface area contributed by atoms with Crippen molar-refractivity contribution in [3.05, 3.63) is 53.6 Å². The van der Waals surface area contributed by atoms with E-state index in [0.29, 0.717) is 23.7 Å². The molecule has 2 aromatic rings. The van der Waals surface area contributed by atoms with Crippen molar-refractivity contribution in [2.45, 2.75) is 25.7 Å². The number of rotatable bonds is 9. The fourth-order valence-corrected chi connectivity index (χ4v) is 5.25. The second kappa shape index (κ2) is 11.3. The number of carbonyl (C=O) groups excluding carboxylic acids is 2. The molecule has 0 saturated carbocycles. The third-order valence-corrected chi connectivity index (χ3v) is 7.45. The standard InChI is InChI=1S/C24H30N2O7S/c1-4-31-20-6-8-21(9-7-20)32-17-24(28)33-16-23(27)25-11-13-26(14-12-25)34(29,30)22-10-5-18(2)15-19(22)3/h5-10,15H,4,11-14,16-17H2,1-3H3. The number of hydrogen-bond donors (Lipinski definition) is 0. The van der Waals surface area contributed by atoms with Crippen LogP contribution in [0.15, 0.2) is 47.4 Å². The molecule has 0 atom stereocenters. The van der Waals surface area contributed by atoms with E-state index in [0.717, 1.165) is 5.56 Å². The Balaban J connectivity index is 1.43. The molecule has 1 saturated heterocycles. The number of sulfonamides is 1. The first kappa shape index (κ1) is 25.5. The van der Waals surface area contributed by atoms with Crippen LogP contribution in [0.25, 0.3) is 0 Å². The largest absolute Gasteiger partial charge is 0.494 e. The quantitative estimate of drug-likeness (QED) is 0.496. The molecule has 0 unspecified atom stereocenters. The van der Waals surface area contributed by atoms with E-state index in [1.807, 2.05) is 19.9 Å². The second-order valence-electron chi connectivity index (χ2n) is 7.91. The highest BCUT2D eigenvalue weighted by molar-refractivity contribution is 7.89. The van der Waals surface area contributed by atoms with Crippen LogP contribution in [-0.4, -0.2) is 75.5 Å². The Hall–Kier alpha value is -3.11. The van der Waals surface area contributed by atoms with Gasteiger partial charge in [-0.2, -0.15) is 4.31 Å². The number of aryl methyl sites for hydroxylation is 2. The highest BCUT2D eigenvalue weighted by atomic mass is 32.2. The molecule has 10 heteroatoms. The number of hydrogen-bond acceptors (Lipinski definition) is 7. The normalized spacial score (nSPS) is 14.5. The van der Waals surface area contributed by atoms with E-state index in [9.17, 15) is 18.0 Å². The Morgan fingerprint density at radius 3 is 2.09 bits per heavy atom. The third-order valence-electron chi connectivity index (χ3n) is 5.39. The molecule has 0 N–H and O–H groups in total. The van der Waals surface area contributed by atoms with Crippen molar-refractivity contribution in [1.29, 1.82) is 0 Å². The minimum Gasteiger partial charge on any atom is -0.494 e. The Bertz CT molecular complexity index is 1110. The van der Waals surface area contributed by atoms with Gasteiger partial charge in [-0.3, -0.25) is 4.79 Å². The number of carbonyl (C=O) groups is 2. The van der Waals surface area contributed by atoms with Gasteiger partial charge in [0.05, 0.1) is 11.5 Å². The van der Waals surface area contributed by atoms with Crippen LogP contribution in [0, 0.1) is 13.8 Å². The van der Waals surface area contributed by atoms with Crippen molar-refractivity contribution in [3.63, 3.8) is 0 Å². The summed E-state index contributed by atoms with van der Waals surface area (Å²) in [5, 5.41) is 0. The topological polar surface area (TPSA) is 102 Å². The lowest BCUT2D eigenvalue weighted by molar-refractivity contribution is -0.154. The highest BCUT2D eigenvalue weighted by Crippen LogP contribution is 2.22. The summed E-state index contributed by atoms with van der Waals surface area (Å²) in [6, 6.07) is 12.0. The van der Waals surface area contributed by atoms with Gasteiger partial charge in [0, 0.05) is 26.2 Å². The maximum atomic E-state index is 13.0. The van der Waals surface area contributed by atoms with Crippen molar-refractivity contribution in [1.82, 2.24) is 9.21 Å². The molecule has 184 valence electrons. The van der Waals surface area contributed by atoms with Gasteiger partial charge in [-0.1, -0.05) is 17.7 Å². The summed E-state index contributed by atoms with van der Waals surface area (Å²) in [6.45, 7) is 6.17. The zero-order chi connectivity index (χ0) is 24.7. The lowest BCUT2D eigenvalue weighted by Gasteiger charge is -2.34. The molecule has 0 bridgehead atoms. The number of ether oxygens (including phenoxy) is 3. The summed E-state index contributed by atoms with van der Waals surface area (Å²) in [6.07, 6.45) is 0. The molecule has 0 radical (unpaired) electrons. The van der Waals surface area contributed by atoms with E-state index in [-0.39, 0.29) is 43.6 Å². The van der Waals surface area contributed by atoms with Crippen molar-refractivity contribution in [2.24, 2.45) is 0 Å². The molecule has 0 aliphatic carbocycles. The molecule has 1 heterocycles. The molecule has 9 nitrogen and oxygen atoms in total. The molecule has 34 heavy (non-hydrogen) atoms. The molecule has 1 amide bonds. The van der Waals surface area contributed by atoms with Gasteiger partial charge >= 0.3 is 5.97 Å². The highest BCUT2D eigenvalue weighted by Gasteiger charge is 2.31. The zero-order valence-corrected chi connectivity index (χ0v) is 20.5. The maximum absolute atomic E-state index is 13.0. The average Bonchev–Trinajstić information content (AvgIpc) is 2.82. The molecule has 1 fully saturated rings. The maximum Gasteiger partial charge on any atom is 0.344 e. The first-order valence-electron chi connectivity index (χ1n) is 11.1. The molecule has 1 aliphatic heterocycles. The SMILES string of the molecule is CCOc1ccc(OCC(=O)OCC(=O)N2CCN(S(=O)(=O)c3ccc(C)cc3C)CC2)cc1. The Kier molecular flexibility index (Phi) is 8.51. The predicted molar refractivity (Wildman–Crippen MR) is 125 cm³/mol. The van der Waals surface area contributed by atoms with Crippen LogP contribution in [0.3, 0.4) is 0 Å². The number of benzene rings is 2. The van der Waals surface area contributed by atoms with Gasteiger partial charge in [0.25, 0.3) is 5.91 Å². The molecular weight excluding hydrogens is 460 g/mol. The van der Waals surface area contributed by atoms with Gasteiger partial charge < -0.3 is 19.1 Å². The van der Waals surface area contributed by atoms with Gasteiger partial charge in [-0.05, 0) is 56.7 Å². The molecule has 0 spiro atoms. The van der Waals surface area contributed by atoms with Crippen molar-refractivity contribution < 1.29 is 32.2 Å². The van der Waals surface area contributed by atoms with E-state index >= 15 is 0 Å². The average molecular weight is 491 g/mol. The lowest BCUT2D eigenvalue weighted by Crippen LogP contribution is -2.51. The first-order chi connectivity index (χ1) is 16.2. The van der Waals surface area contributed by atoms with Crippen LogP contribution in [0.5, 0.6) is 11.5 Å². The first-order valence-corrected chi connectivity index (χ1v) is 12.5. The van der Waals surface area contributed by atoms with Gasteiger partial charge in [-0.15, -0.1) is 0 Å². The van der Waals surface area contributed by atoms with Crippen LogP contribution in [0.4, 0.5) is 0 Å². The van der Waals surface area contributed by atoms with E-state index in [1.165, 1.54) is 9.21 Å². The predicted octanol–water partition coefficient (Wildman–Crippen LogP) is 2.16. The summed E-state index contributed by atoms with van der Waals surface area (Å²) in [5.74, 6) is 0.133. The van der Waals surface area contributed by atoms with Crippen molar-refractivity contribution >= 4 is 21.9 Å².